The molecule has 0 fully saturated rings. The van der Waals surface area contributed by atoms with Gasteiger partial charge in [0.2, 0.25) is 5.91 Å². The Morgan fingerprint density at radius 3 is 2.65 bits per heavy atom. The zero-order chi connectivity index (χ0) is 18.4. The van der Waals surface area contributed by atoms with E-state index in [-0.39, 0.29) is 12.5 Å². The van der Waals surface area contributed by atoms with Crippen LogP contribution in [-0.4, -0.2) is 34.8 Å². The van der Waals surface area contributed by atoms with Crippen LogP contribution in [0.3, 0.4) is 0 Å². The minimum Gasteiger partial charge on any atom is -0.494 e. The largest absolute Gasteiger partial charge is 0.494 e. The van der Waals surface area contributed by atoms with E-state index in [1.807, 2.05) is 31.2 Å². The van der Waals surface area contributed by atoms with E-state index in [4.69, 9.17) is 4.74 Å². The lowest BCUT2D eigenvalue weighted by Crippen LogP contribution is -2.38. The Morgan fingerprint density at radius 2 is 1.88 bits per heavy atom. The van der Waals surface area contributed by atoms with Gasteiger partial charge in [0.05, 0.1) is 24.2 Å². The molecule has 0 aliphatic rings. The van der Waals surface area contributed by atoms with E-state index in [1.165, 1.54) is 11.0 Å². The van der Waals surface area contributed by atoms with Gasteiger partial charge in [0.15, 0.2) is 0 Å². The van der Waals surface area contributed by atoms with Crippen molar-refractivity contribution in [1.82, 2.24) is 15.0 Å². The van der Waals surface area contributed by atoms with Gasteiger partial charge in [0.25, 0.3) is 0 Å². The summed E-state index contributed by atoms with van der Waals surface area (Å²) in [7, 11) is 0. The first-order valence-electron chi connectivity index (χ1n) is 8.15. The third-order valence-electron chi connectivity index (χ3n) is 3.53. The summed E-state index contributed by atoms with van der Waals surface area (Å²) in [5, 5.41) is 5.20. The molecule has 0 saturated heterocycles. The maximum atomic E-state index is 12.0. The Morgan fingerprint density at radius 1 is 1.12 bits per heavy atom. The predicted octanol–water partition coefficient (Wildman–Crippen LogP) is 2.33. The zero-order valence-corrected chi connectivity index (χ0v) is 14.2. The number of benzene rings is 2. The van der Waals surface area contributed by atoms with Crippen LogP contribution in [0.25, 0.3) is 11.0 Å². The molecule has 2 aromatic carbocycles. The number of nitrogens with zero attached hydrogens (tertiary/aromatic N) is 2. The number of hydrogen-bond donors (Lipinski definition) is 3. The number of amides is 3. The molecule has 3 aromatic rings. The number of nitrogens with one attached hydrogen (secondary N) is 3. The molecule has 3 N–H and O–H groups in total. The fourth-order valence-electron chi connectivity index (χ4n) is 2.36. The van der Waals surface area contributed by atoms with Crippen molar-refractivity contribution in [1.29, 1.82) is 0 Å². The van der Waals surface area contributed by atoms with Crippen molar-refractivity contribution in [3.63, 3.8) is 0 Å². The van der Waals surface area contributed by atoms with Crippen molar-refractivity contribution in [3.05, 3.63) is 54.9 Å². The van der Waals surface area contributed by atoms with Crippen LogP contribution < -0.4 is 20.8 Å². The quantitative estimate of drug-likeness (QED) is 0.633. The molecule has 0 aliphatic heterocycles. The predicted molar refractivity (Wildman–Crippen MR) is 98.7 cm³/mol. The van der Waals surface area contributed by atoms with Gasteiger partial charge < -0.3 is 15.4 Å². The Labute approximate surface area is 150 Å². The molecule has 8 nitrogen and oxygen atoms in total. The summed E-state index contributed by atoms with van der Waals surface area (Å²) in [5.41, 5.74) is 4.77. The molecule has 3 rings (SSSR count). The number of rotatable bonds is 6. The Hall–Kier alpha value is -3.55. The maximum Gasteiger partial charge on any atom is 0.334 e. The van der Waals surface area contributed by atoms with Gasteiger partial charge in [-0.1, -0.05) is 12.1 Å². The molecule has 0 saturated carbocycles. The number of para-hydroxylation sites is 2. The third kappa shape index (κ3) is 4.29. The lowest BCUT2D eigenvalue weighted by atomic mass is 10.3. The van der Waals surface area contributed by atoms with Crippen molar-refractivity contribution >= 4 is 28.7 Å². The van der Waals surface area contributed by atoms with E-state index in [0.717, 1.165) is 16.8 Å². The lowest BCUT2D eigenvalue weighted by molar-refractivity contribution is -0.115. The van der Waals surface area contributed by atoms with Gasteiger partial charge in [-0.2, -0.15) is 0 Å². The molecule has 0 bridgehead atoms. The first-order chi connectivity index (χ1) is 12.7. The van der Waals surface area contributed by atoms with Gasteiger partial charge in [0, 0.05) is 5.69 Å². The smallest absolute Gasteiger partial charge is 0.334 e. The molecule has 1 heterocycles. The van der Waals surface area contributed by atoms with Crippen LogP contribution in [0.5, 0.6) is 5.75 Å². The number of anilines is 1. The first-order valence-corrected chi connectivity index (χ1v) is 8.15. The first kappa shape index (κ1) is 17.3. The molecule has 0 radical (unpaired) electrons. The average Bonchev–Trinajstić information content (AvgIpc) is 3.05. The summed E-state index contributed by atoms with van der Waals surface area (Å²) >= 11 is 0. The van der Waals surface area contributed by atoms with Crippen LogP contribution in [0.1, 0.15) is 6.92 Å². The molecule has 0 atom stereocenters. The van der Waals surface area contributed by atoms with Crippen LogP contribution >= 0.6 is 0 Å². The van der Waals surface area contributed by atoms with Crippen molar-refractivity contribution in [2.45, 2.75) is 6.92 Å². The van der Waals surface area contributed by atoms with E-state index in [9.17, 15) is 9.59 Å². The van der Waals surface area contributed by atoms with Crippen molar-refractivity contribution in [3.8, 4) is 5.75 Å². The highest BCUT2D eigenvalue weighted by atomic mass is 16.5. The van der Waals surface area contributed by atoms with E-state index in [1.54, 1.807) is 24.3 Å². The summed E-state index contributed by atoms with van der Waals surface area (Å²) in [6, 6.07) is 13.9. The van der Waals surface area contributed by atoms with Crippen LogP contribution in [0.4, 0.5) is 10.5 Å². The molecular weight excluding hydrogens is 334 g/mol. The SMILES string of the molecule is CCOc1ccc(NC(=O)CNC(=O)Nn2cnc3ccccc32)cc1. The van der Waals surface area contributed by atoms with Crippen molar-refractivity contribution < 1.29 is 14.3 Å². The summed E-state index contributed by atoms with van der Waals surface area (Å²) in [6.45, 7) is 2.32. The summed E-state index contributed by atoms with van der Waals surface area (Å²) in [5.74, 6) is 0.398. The molecule has 0 unspecified atom stereocenters. The number of carbonyl (C=O) groups is 2. The molecule has 0 spiro atoms. The van der Waals surface area contributed by atoms with Crippen LogP contribution in [-0.2, 0) is 4.79 Å². The Bertz CT molecular complexity index is 905. The van der Waals surface area contributed by atoms with Gasteiger partial charge in [-0.05, 0) is 43.3 Å². The number of carbonyl (C=O) groups excluding carboxylic acids is 2. The second-order valence-corrected chi connectivity index (χ2v) is 5.40. The minimum atomic E-state index is -0.505. The molecule has 0 aliphatic carbocycles. The van der Waals surface area contributed by atoms with Gasteiger partial charge in [-0.25, -0.2) is 19.9 Å². The van der Waals surface area contributed by atoms with Gasteiger partial charge in [-0.3, -0.25) is 4.79 Å². The van der Waals surface area contributed by atoms with E-state index in [2.05, 4.69) is 21.0 Å². The minimum absolute atomic E-state index is 0.161. The van der Waals surface area contributed by atoms with E-state index in [0.29, 0.717) is 12.3 Å². The monoisotopic (exact) mass is 353 g/mol. The second-order valence-electron chi connectivity index (χ2n) is 5.40. The maximum absolute atomic E-state index is 12.0. The fraction of sp³-hybridized carbons (Fsp3) is 0.167. The molecular formula is C18H19N5O3. The highest BCUT2D eigenvalue weighted by Crippen LogP contribution is 2.15. The molecule has 3 amide bonds. The number of hydrogen-bond acceptors (Lipinski definition) is 4. The van der Waals surface area contributed by atoms with Crippen molar-refractivity contribution in [2.75, 3.05) is 23.9 Å². The van der Waals surface area contributed by atoms with Crippen LogP contribution in [0.15, 0.2) is 54.9 Å². The van der Waals surface area contributed by atoms with Crippen molar-refractivity contribution in [2.24, 2.45) is 0 Å². The highest BCUT2D eigenvalue weighted by Gasteiger charge is 2.08. The van der Waals surface area contributed by atoms with E-state index < -0.39 is 6.03 Å². The number of urea groups is 1. The number of aromatic nitrogens is 2. The van der Waals surface area contributed by atoms with E-state index >= 15 is 0 Å². The molecule has 8 heteroatoms. The molecule has 134 valence electrons. The normalized spacial score (nSPS) is 10.3. The molecule has 1 aromatic heterocycles. The highest BCUT2D eigenvalue weighted by molar-refractivity contribution is 5.95. The summed E-state index contributed by atoms with van der Waals surface area (Å²) in [6.07, 6.45) is 1.50. The summed E-state index contributed by atoms with van der Waals surface area (Å²) in [4.78, 5) is 28.1. The van der Waals surface area contributed by atoms with Crippen LogP contribution in [0, 0.1) is 0 Å². The number of fused-ring (bicyclic) bond motifs is 1. The standard InChI is InChI=1S/C18H19N5O3/c1-2-26-14-9-7-13(8-10-14)21-17(24)11-19-18(25)22-23-12-20-15-5-3-4-6-16(15)23/h3-10,12H,2,11H2,1H3,(H,21,24)(H2,19,22,25). The Balaban J connectivity index is 1.48. The molecule has 26 heavy (non-hydrogen) atoms. The summed E-state index contributed by atoms with van der Waals surface area (Å²) < 4.78 is 6.83. The van der Waals surface area contributed by atoms with Gasteiger partial charge in [0.1, 0.15) is 12.1 Å². The Kier molecular flexibility index (Phi) is 5.33. The third-order valence-corrected chi connectivity index (χ3v) is 3.53. The zero-order valence-electron chi connectivity index (χ0n) is 14.2. The second kappa shape index (κ2) is 8.02. The van der Waals surface area contributed by atoms with Crippen LogP contribution in [0.2, 0.25) is 0 Å². The fourth-order valence-corrected chi connectivity index (χ4v) is 2.36. The average molecular weight is 353 g/mol. The topological polar surface area (TPSA) is 97.3 Å². The number of imidazole rings is 1. The lowest BCUT2D eigenvalue weighted by Gasteiger charge is -2.10. The van der Waals surface area contributed by atoms with Gasteiger partial charge in [-0.15, -0.1) is 0 Å². The number of ether oxygens (including phenoxy) is 1. The van der Waals surface area contributed by atoms with Gasteiger partial charge >= 0.3 is 6.03 Å².